The number of ketones is 1. The maximum atomic E-state index is 12.3. The van der Waals surface area contributed by atoms with E-state index in [1.165, 1.54) is 0 Å². The number of thiazole rings is 1. The molecule has 0 fully saturated rings. The van der Waals surface area contributed by atoms with Gasteiger partial charge in [-0.3, -0.25) is 9.00 Å². The molecule has 1 atom stereocenters. The molecule has 1 unspecified atom stereocenters. The van der Waals surface area contributed by atoms with Crippen LogP contribution >= 0.6 is 22.9 Å². The van der Waals surface area contributed by atoms with Crippen molar-refractivity contribution >= 4 is 39.5 Å². The minimum absolute atomic E-state index is 0.142. The molecule has 106 valence electrons. The van der Waals surface area contributed by atoms with Crippen LogP contribution in [0.2, 0.25) is 5.15 Å². The van der Waals surface area contributed by atoms with E-state index in [0.717, 1.165) is 24.2 Å². The number of aromatic nitrogens is 1. The number of benzene rings is 1. The predicted molar refractivity (Wildman–Crippen MR) is 83.2 cm³/mol. The third-order valence-corrected chi connectivity index (χ3v) is 5.87. The number of hydrogen-bond acceptors (Lipinski definition) is 4. The zero-order valence-corrected chi connectivity index (χ0v) is 13.4. The number of hydrogen-bond donors (Lipinski definition) is 0. The van der Waals surface area contributed by atoms with E-state index >= 15 is 0 Å². The van der Waals surface area contributed by atoms with Crippen molar-refractivity contribution in [1.82, 2.24) is 4.98 Å². The van der Waals surface area contributed by atoms with Gasteiger partial charge in [-0.1, -0.05) is 55.3 Å². The van der Waals surface area contributed by atoms with Crippen molar-refractivity contribution in [2.75, 3.05) is 5.75 Å². The largest absolute Gasteiger partial charge is 0.288 e. The molecule has 1 aromatic carbocycles. The summed E-state index contributed by atoms with van der Waals surface area (Å²) in [6.45, 7) is 2.04. The van der Waals surface area contributed by atoms with Gasteiger partial charge in [0.2, 0.25) is 5.78 Å². The van der Waals surface area contributed by atoms with Gasteiger partial charge in [0.25, 0.3) is 0 Å². The van der Waals surface area contributed by atoms with Crippen molar-refractivity contribution in [3.05, 3.63) is 45.9 Å². The first kappa shape index (κ1) is 15.4. The standard InChI is InChI=1S/C14H14ClNO2S2/c1-2-3-9-20(18)14-16-13(15)12(19-14)11(17)10-7-5-4-6-8-10/h4-8H,2-3,9H2,1H3. The number of nitrogens with zero attached hydrogens (tertiary/aromatic N) is 1. The van der Waals surface area contributed by atoms with E-state index in [1.54, 1.807) is 24.3 Å². The average Bonchev–Trinajstić information content (AvgIpc) is 2.87. The molecule has 0 saturated heterocycles. The lowest BCUT2D eigenvalue weighted by Crippen LogP contribution is -1.98. The molecule has 20 heavy (non-hydrogen) atoms. The predicted octanol–water partition coefficient (Wildman–Crippen LogP) is 3.94. The first-order valence-electron chi connectivity index (χ1n) is 6.28. The molecule has 0 amide bonds. The van der Waals surface area contributed by atoms with Gasteiger partial charge in [0, 0.05) is 11.3 Å². The second-order valence-electron chi connectivity index (χ2n) is 4.20. The molecule has 3 nitrogen and oxygen atoms in total. The second kappa shape index (κ2) is 7.11. The Kier molecular flexibility index (Phi) is 5.46. The van der Waals surface area contributed by atoms with E-state index in [1.807, 2.05) is 13.0 Å². The fourth-order valence-electron chi connectivity index (χ4n) is 1.60. The summed E-state index contributed by atoms with van der Waals surface area (Å²) in [5.74, 6) is 0.381. The number of carbonyl (C=O) groups is 1. The van der Waals surface area contributed by atoms with Crippen LogP contribution in [0.1, 0.15) is 35.0 Å². The summed E-state index contributed by atoms with van der Waals surface area (Å²) in [5, 5.41) is 0.142. The Bertz CT molecular complexity index is 625. The molecule has 1 heterocycles. The maximum absolute atomic E-state index is 12.3. The minimum atomic E-state index is -1.17. The molecule has 0 aliphatic carbocycles. The van der Waals surface area contributed by atoms with Gasteiger partial charge in [0.1, 0.15) is 4.88 Å². The van der Waals surface area contributed by atoms with E-state index in [2.05, 4.69) is 4.98 Å². The van der Waals surface area contributed by atoms with E-state index in [0.29, 0.717) is 20.5 Å². The quantitative estimate of drug-likeness (QED) is 0.755. The van der Waals surface area contributed by atoms with Crippen LogP contribution in [0.3, 0.4) is 0 Å². The molecule has 0 aliphatic heterocycles. The van der Waals surface area contributed by atoms with Crippen LogP contribution < -0.4 is 0 Å². The number of unbranched alkanes of at least 4 members (excludes halogenated alkanes) is 1. The van der Waals surface area contributed by atoms with Gasteiger partial charge in [-0.25, -0.2) is 4.98 Å². The molecule has 0 aliphatic rings. The highest BCUT2D eigenvalue weighted by Crippen LogP contribution is 2.28. The molecule has 0 radical (unpaired) electrons. The molecule has 0 spiro atoms. The van der Waals surface area contributed by atoms with Crippen LogP contribution in [0.4, 0.5) is 0 Å². The summed E-state index contributed by atoms with van der Waals surface area (Å²) in [6, 6.07) is 8.89. The topological polar surface area (TPSA) is 47.0 Å². The normalized spacial score (nSPS) is 12.3. The summed E-state index contributed by atoms with van der Waals surface area (Å²) in [5.41, 5.74) is 0.559. The van der Waals surface area contributed by atoms with E-state index in [4.69, 9.17) is 11.6 Å². The minimum Gasteiger partial charge on any atom is -0.288 e. The van der Waals surface area contributed by atoms with Crippen LogP contribution in [0.15, 0.2) is 34.7 Å². The zero-order chi connectivity index (χ0) is 14.5. The molecule has 0 bridgehead atoms. The van der Waals surface area contributed by atoms with Crippen molar-refractivity contribution < 1.29 is 9.00 Å². The number of rotatable bonds is 6. The van der Waals surface area contributed by atoms with Gasteiger partial charge >= 0.3 is 0 Å². The van der Waals surface area contributed by atoms with Crippen LogP contribution in [-0.2, 0) is 10.8 Å². The second-order valence-corrected chi connectivity index (χ2v) is 7.30. The smallest absolute Gasteiger partial charge is 0.206 e. The summed E-state index contributed by atoms with van der Waals surface area (Å²) < 4.78 is 12.5. The fourth-order valence-corrected chi connectivity index (χ4v) is 4.43. The van der Waals surface area contributed by atoms with Crippen molar-refractivity contribution in [2.45, 2.75) is 24.1 Å². The fraction of sp³-hybridized carbons (Fsp3) is 0.286. The summed E-state index contributed by atoms with van der Waals surface area (Å²) >= 11 is 7.14. The lowest BCUT2D eigenvalue weighted by molar-refractivity contribution is 0.104. The molecular weight excluding hydrogens is 314 g/mol. The van der Waals surface area contributed by atoms with Gasteiger partial charge in [-0.05, 0) is 6.42 Å². The third-order valence-electron chi connectivity index (χ3n) is 2.69. The molecule has 1 aromatic heterocycles. The van der Waals surface area contributed by atoms with Gasteiger partial charge in [0.15, 0.2) is 9.49 Å². The van der Waals surface area contributed by atoms with Crippen LogP contribution in [-0.4, -0.2) is 20.7 Å². The summed E-state index contributed by atoms with van der Waals surface area (Å²) in [6.07, 6.45) is 1.84. The first-order valence-corrected chi connectivity index (χ1v) is 8.79. The van der Waals surface area contributed by atoms with Gasteiger partial charge < -0.3 is 0 Å². The van der Waals surface area contributed by atoms with Gasteiger partial charge in [-0.2, -0.15) is 0 Å². The lowest BCUT2D eigenvalue weighted by Gasteiger charge is -1.97. The monoisotopic (exact) mass is 327 g/mol. The molecule has 2 rings (SSSR count). The van der Waals surface area contributed by atoms with E-state index in [-0.39, 0.29) is 10.9 Å². The Morgan fingerprint density at radius 3 is 2.70 bits per heavy atom. The molecule has 0 N–H and O–H groups in total. The van der Waals surface area contributed by atoms with E-state index in [9.17, 15) is 9.00 Å². The Morgan fingerprint density at radius 2 is 2.05 bits per heavy atom. The van der Waals surface area contributed by atoms with Crippen molar-refractivity contribution in [3.8, 4) is 0 Å². The maximum Gasteiger partial charge on any atom is 0.206 e. The zero-order valence-electron chi connectivity index (χ0n) is 11.0. The van der Waals surface area contributed by atoms with Crippen molar-refractivity contribution in [3.63, 3.8) is 0 Å². The highest BCUT2D eigenvalue weighted by atomic mass is 35.5. The lowest BCUT2D eigenvalue weighted by atomic mass is 10.1. The molecule has 6 heteroatoms. The SMILES string of the molecule is CCCCS(=O)c1nc(Cl)c(C(=O)c2ccccc2)s1. The highest BCUT2D eigenvalue weighted by Gasteiger charge is 2.20. The Hall–Kier alpha value is -1.04. The number of carbonyl (C=O) groups excluding carboxylic acids is 1. The number of halogens is 1. The highest BCUT2D eigenvalue weighted by molar-refractivity contribution is 7.87. The summed E-state index contributed by atoms with van der Waals surface area (Å²) in [7, 11) is -1.17. The third kappa shape index (κ3) is 3.53. The first-order chi connectivity index (χ1) is 9.63. The molecular formula is C14H14ClNO2S2. The van der Waals surface area contributed by atoms with Crippen LogP contribution in [0.5, 0.6) is 0 Å². The average molecular weight is 328 g/mol. The van der Waals surface area contributed by atoms with Gasteiger partial charge in [-0.15, -0.1) is 11.3 Å². The van der Waals surface area contributed by atoms with E-state index < -0.39 is 10.8 Å². The van der Waals surface area contributed by atoms with Crippen LogP contribution in [0.25, 0.3) is 0 Å². The summed E-state index contributed by atoms with van der Waals surface area (Å²) in [4.78, 5) is 16.7. The Balaban J connectivity index is 2.24. The Labute approximate surface area is 129 Å². The van der Waals surface area contributed by atoms with Gasteiger partial charge in [0.05, 0.1) is 10.8 Å². The molecule has 2 aromatic rings. The van der Waals surface area contributed by atoms with Crippen molar-refractivity contribution in [2.24, 2.45) is 0 Å². The Morgan fingerprint density at radius 1 is 1.35 bits per heavy atom. The molecule has 0 saturated carbocycles. The van der Waals surface area contributed by atoms with Crippen molar-refractivity contribution in [1.29, 1.82) is 0 Å². The van der Waals surface area contributed by atoms with Crippen LogP contribution in [0, 0.1) is 0 Å².